The Balaban J connectivity index is 2.28. The molecule has 1 fully saturated rings. The smallest absolute Gasteiger partial charge is 0.256 e. The standard InChI is InChI=1S/C15H20ClN3O2/c1-10-4-5-11(12(16)8-10)14(20)19-7-6-17-9-13(19)15(21)18(2)3/h4-5,8,13,17H,6-7,9H2,1-3H3. The number of benzene rings is 1. The van der Waals surface area contributed by atoms with Crippen LogP contribution in [0.2, 0.25) is 5.02 Å². The number of halogens is 1. The lowest BCUT2D eigenvalue weighted by Crippen LogP contribution is -2.59. The number of amides is 2. The summed E-state index contributed by atoms with van der Waals surface area (Å²) in [6.45, 7) is 3.55. The van der Waals surface area contributed by atoms with E-state index in [1.165, 1.54) is 4.90 Å². The molecule has 1 N–H and O–H groups in total. The molecule has 1 aromatic rings. The quantitative estimate of drug-likeness (QED) is 0.891. The van der Waals surface area contributed by atoms with E-state index < -0.39 is 6.04 Å². The fourth-order valence-electron chi connectivity index (χ4n) is 2.41. The van der Waals surface area contributed by atoms with Crippen LogP contribution >= 0.6 is 11.6 Å². The third kappa shape index (κ3) is 3.36. The summed E-state index contributed by atoms with van der Waals surface area (Å²) in [5.74, 6) is -0.277. The number of rotatable bonds is 2. The molecule has 1 aromatic carbocycles. The molecule has 1 atom stereocenters. The van der Waals surface area contributed by atoms with Crippen molar-refractivity contribution in [1.29, 1.82) is 0 Å². The molecule has 114 valence electrons. The molecule has 0 bridgehead atoms. The van der Waals surface area contributed by atoms with Gasteiger partial charge in [0.15, 0.2) is 0 Å². The average Bonchev–Trinajstić information content (AvgIpc) is 2.45. The van der Waals surface area contributed by atoms with E-state index in [0.29, 0.717) is 30.2 Å². The largest absolute Gasteiger partial charge is 0.347 e. The Kier molecular flexibility index (Phi) is 4.85. The zero-order chi connectivity index (χ0) is 15.6. The summed E-state index contributed by atoms with van der Waals surface area (Å²) in [7, 11) is 3.39. The van der Waals surface area contributed by atoms with Gasteiger partial charge in [-0.25, -0.2) is 0 Å². The zero-order valence-electron chi connectivity index (χ0n) is 12.5. The first-order chi connectivity index (χ1) is 9.91. The zero-order valence-corrected chi connectivity index (χ0v) is 13.3. The Labute approximate surface area is 129 Å². The molecule has 1 saturated heterocycles. The highest BCUT2D eigenvalue weighted by atomic mass is 35.5. The minimum absolute atomic E-state index is 0.0845. The van der Waals surface area contributed by atoms with Crippen LogP contribution in [0.5, 0.6) is 0 Å². The van der Waals surface area contributed by atoms with E-state index in [9.17, 15) is 9.59 Å². The summed E-state index contributed by atoms with van der Waals surface area (Å²) in [6.07, 6.45) is 0. The Hall–Kier alpha value is -1.59. The van der Waals surface area contributed by atoms with Crippen molar-refractivity contribution >= 4 is 23.4 Å². The van der Waals surface area contributed by atoms with Crippen LogP contribution in [0, 0.1) is 6.92 Å². The number of hydrogen-bond acceptors (Lipinski definition) is 3. The molecule has 0 aliphatic carbocycles. The highest BCUT2D eigenvalue weighted by molar-refractivity contribution is 6.34. The minimum atomic E-state index is -0.487. The summed E-state index contributed by atoms with van der Waals surface area (Å²) in [5.41, 5.74) is 1.44. The first-order valence-corrected chi connectivity index (χ1v) is 7.28. The molecule has 21 heavy (non-hydrogen) atoms. The van der Waals surface area contributed by atoms with Gasteiger partial charge in [-0.15, -0.1) is 0 Å². The number of nitrogens with one attached hydrogen (secondary N) is 1. The van der Waals surface area contributed by atoms with Crippen LogP contribution in [0.4, 0.5) is 0 Å². The van der Waals surface area contributed by atoms with Crippen molar-refractivity contribution in [3.8, 4) is 0 Å². The molecule has 0 radical (unpaired) electrons. The van der Waals surface area contributed by atoms with E-state index in [2.05, 4.69) is 5.32 Å². The first-order valence-electron chi connectivity index (χ1n) is 6.91. The highest BCUT2D eigenvalue weighted by Gasteiger charge is 2.34. The third-order valence-electron chi connectivity index (χ3n) is 3.59. The molecule has 5 nitrogen and oxygen atoms in total. The summed E-state index contributed by atoms with van der Waals surface area (Å²) in [5, 5.41) is 3.58. The number of nitrogens with zero attached hydrogens (tertiary/aromatic N) is 2. The maximum atomic E-state index is 12.7. The second kappa shape index (κ2) is 6.45. The number of piperazine rings is 1. The van der Waals surface area contributed by atoms with Crippen LogP contribution in [-0.2, 0) is 4.79 Å². The summed E-state index contributed by atoms with van der Waals surface area (Å²) >= 11 is 6.17. The van der Waals surface area contributed by atoms with Gasteiger partial charge in [0, 0.05) is 33.7 Å². The van der Waals surface area contributed by atoms with Gasteiger partial charge >= 0.3 is 0 Å². The maximum Gasteiger partial charge on any atom is 0.256 e. The van der Waals surface area contributed by atoms with Crippen molar-refractivity contribution in [2.24, 2.45) is 0 Å². The fraction of sp³-hybridized carbons (Fsp3) is 0.467. The highest BCUT2D eigenvalue weighted by Crippen LogP contribution is 2.21. The first kappa shape index (κ1) is 15.8. The SMILES string of the molecule is Cc1ccc(C(=O)N2CCNCC2C(=O)N(C)C)c(Cl)c1. The van der Waals surface area contributed by atoms with Gasteiger partial charge in [-0.2, -0.15) is 0 Å². The monoisotopic (exact) mass is 309 g/mol. The van der Waals surface area contributed by atoms with E-state index in [1.807, 2.05) is 13.0 Å². The van der Waals surface area contributed by atoms with Crippen molar-refractivity contribution in [3.05, 3.63) is 34.3 Å². The number of carbonyl (C=O) groups excluding carboxylic acids is 2. The number of carbonyl (C=O) groups is 2. The summed E-state index contributed by atoms with van der Waals surface area (Å²) in [4.78, 5) is 28.1. The van der Waals surface area contributed by atoms with E-state index in [4.69, 9.17) is 11.6 Å². The summed E-state index contributed by atoms with van der Waals surface area (Å²) in [6, 6.07) is 4.85. The Morgan fingerprint density at radius 1 is 1.38 bits per heavy atom. The van der Waals surface area contributed by atoms with Gasteiger partial charge in [-0.1, -0.05) is 17.7 Å². The molecule has 1 heterocycles. The van der Waals surface area contributed by atoms with Crippen LogP contribution in [-0.4, -0.2) is 61.4 Å². The van der Waals surface area contributed by atoms with Gasteiger partial charge < -0.3 is 15.1 Å². The van der Waals surface area contributed by atoms with Crippen molar-refractivity contribution in [1.82, 2.24) is 15.1 Å². The Morgan fingerprint density at radius 3 is 2.71 bits per heavy atom. The molecule has 6 heteroatoms. The predicted octanol–water partition coefficient (Wildman–Crippen LogP) is 1.15. The molecule has 2 rings (SSSR count). The van der Waals surface area contributed by atoms with Crippen molar-refractivity contribution in [2.45, 2.75) is 13.0 Å². The van der Waals surface area contributed by atoms with E-state index >= 15 is 0 Å². The minimum Gasteiger partial charge on any atom is -0.347 e. The Bertz CT molecular complexity index is 560. The topological polar surface area (TPSA) is 52.7 Å². The van der Waals surface area contributed by atoms with Crippen LogP contribution in [0.25, 0.3) is 0 Å². The second-order valence-corrected chi connectivity index (χ2v) is 5.84. The second-order valence-electron chi connectivity index (χ2n) is 5.43. The lowest BCUT2D eigenvalue weighted by molar-refractivity contribution is -0.134. The molecule has 0 spiro atoms. The average molecular weight is 310 g/mol. The van der Waals surface area contributed by atoms with Crippen LogP contribution in [0.3, 0.4) is 0 Å². The molecular weight excluding hydrogens is 290 g/mol. The van der Waals surface area contributed by atoms with Crippen LogP contribution < -0.4 is 5.32 Å². The van der Waals surface area contributed by atoms with Gasteiger partial charge in [0.25, 0.3) is 5.91 Å². The van der Waals surface area contributed by atoms with Gasteiger partial charge in [-0.3, -0.25) is 9.59 Å². The van der Waals surface area contributed by atoms with Gasteiger partial charge in [0.1, 0.15) is 6.04 Å². The Morgan fingerprint density at radius 2 is 2.10 bits per heavy atom. The molecular formula is C15H20ClN3O2. The van der Waals surface area contributed by atoms with Crippen molar-refractivity contribution < 1.29 is 9.59 Å². The van der Waals surface area contributed by atoms with E-state index in [1.54, 1.807) is 31.1 Å². The van der Waals surface area contributed by atoms with Crippen LogP contribution in [0.15, 0.2) is 18.2 Å². The lowest BCUT2D eigenvalue weighted by atomic mass is 10.1. The van der Waals surface area contributed by atoms with Crippen molar-refractivity contribution in [2.75, 3.05) is 33.7 Å². The lowest BCUT2D eigenvalue weighted by Gasteiger charge is -2.36. The third-order valence-corrected chi connectivity index (χ3v) is 3.90. The fourth-order valence-corrected chi connectivity index (χ4v) is 2.73. The van der Waals surface area contributed by atoms with Crippen LogP contribution in [0.1, 0.15) is 15.9 Å². The number of hydrogen-bond donors (Lipinski definition) is 1. The number of aryl methyl sites for hydroxylation is 1. The van der Waals surface area contributed by atoms with Gasteiger partial charge in [0.2, 0.25) is 5.91 Å². The molecule has 0 aromatic heterocycles. The van der Waals surface area contributed by atoms with Crippen molar-refractivity contribution in [3.63, 3.8) is 0 Å². The van der Waals surface area contributed by atoms with E-state index in [-0.39, 0.29) is 11.8 Å². The van der Waals surface area contributed by atoms with Gasteiger partial charge in [0.05, 0.1) is 10.6 Å². The molecule has 2 amide bonds. The summed E-state index contributed by atoms with van der Waals surface area (Å²) < 4.78 is 0. The normalized spacial score (nSPS) is 18.5. The predicted molar refractivity (Wildman–Crippen MR) is 82.6 cm³/mol. The van der Waals surface area contributed by atoms with Gasteiger partial charge in [-0.05, 0) is 24.6 Å². The molecule has 0 saturated carbocycles. The van der Waals surface area contributed by atoms with E-state index in [0.717, 1.165) is 5.56 Å². The molecule has 1 aliphatic rings. The maximum absolute atomic E-state index is 12.7. The number of likely N-dealkylation sites (N-methyl/N-ethyl adjacent to an activating group) is 1. The molecule has 1 aliphatic heterocycles. The molecule has 1 unspecified atom stereocenters.